The van der Waals surface area contributed by atoms with Gasteiger partial charge in [0.25, 0.3) is 0 Å². The normalized spacial score (nSPS) is 10.5. The van der Waals surface area contributed by atoms with Crippen LogP contribution in [0.3, 0.4) is 0 Å². The monoisotopic (exact) mass is 178 g/mol. The summed E-state index contributed by atoms with van der Waals surface area (Å²) in [6, 6.07) is 6.42. The number of rotatable bonds is 1. The maximum atomic E-state index is 5.23. The Balaban J connectivity index is 2.75. The number of methoxy groups -OCH3 is 1. The van der Waals surface area contributed by atoms with Crippen LogP contribution in [0.25, 0.3) is 10.1 Å². The van der Waals surface area contributed by atoms with Crippen molar-refractivity contribution in [3.8, 4) is 5.75 Å². The molecule has 2 heteroatoms. The van der Waals surface area contributed by atoms with Gasteiger partial charge in [-0.1, -0.05) is 11.6 Å². The summed E-state index contributed by atoms with van der Waals surface area (Å²) in [5.74, 6) is 0.985. The molecule has 0 aliphatic rings. The lowest BCUT2D eigenvalue weighted by atomic mass is 10.2. The van der Waals surface area contributed by atoms with Crippen molar-refractivity contribution < 1.29 is 4.74 Å². The van der Waals surface area contributed by atoms with Gasteiger partial charge in [-0.15, -0.1) is 11.3 Å². The molecule has 0 saturated carbocycles. The van der Waals surface area contributed by atoms with Gasteiger partial charge in [0.1, 0.15) is 5.75 Å². The topological polar surface area (TPSA) is 9.23 Å². The van der Waals surface area contributed by atoms with E-state index in [0.29, 0.717) is 0 Å². The molecule has 62 valence electrons. The summed E-state index contributed by atoms with van der Waals surface area (Å²) in [6.45, 7) is 2.09. The largest absolute Gasteiger partial charge is 0.495 e. The number of benzene rings is 1. The molecule has 0 saturated heterocycles. The first-order valence-electron chi connectivity index (χ1n) is 3.83. The molecule has 2 aromatic rings. The molecule has 0 radical (unpaired) electrons. The van der Waals surface area contributed by atoms with Crippen LogP contribution < -0.4 is 4.74 Å². The number of ether oxygens (including phenoxy) is 1. The van der Waals surface area contributed by atoms with Crippen molar-refractivity contribution in [3.05, 3.63) is 29.1 Å². The highest BCUT2D eigenvalue weighted by atomic mass is 32.1. The molecule has 0 atom stereocenters. The van der Waals surface area contributed by atoms with E-state index in [0.717, 1.165) is 5.75 Å². The van der Waals surface area contributed by atoms with Gasteiger partial charge >= 0.3 is 0 Å². The van der Waals surface area contributed by atoms with Crippen LogP contribution in [0.2, 0.25) is 0 Å². The number of thiophene rings is 1. The molecule has 12 heavy (non-hydrogen) atoms. The van der Waals surface area contributed by atoms with E-state index in [9.17, 15) is 0 Å². The van der Waals surface area contributed by atoms with Crippen LogP contribution in [-0.2, 0) is 0 Å². The molecule has 0 aliphatic carbocycles. The molecule has 0 aliphatic heterocycles. The third kappa shape index (κ3) is 1.08. The van der Waals surface area contributed by atoms with E-state index in [-0.39, 0.29) is 0 Å². The fourth-order valence-corrected chi connectivity index (χ4v) is 2.17. The average Bonchev–Trinajstić information content (AvgIpc) is 2.46. The molecule has 0 bridgehead atoms. The lowest BCUT2D eigenvalue weighted by Gasteiger charge is -1.96. The molecule has 0 fully saturated rings. The highest BCUT2D eigenvalue weighted by Crippen LogP contribution is 2.32. The Morgan fingerprint density at radius 2 is 2.17 bits per heavy atom. The van der Waals surface area contributed by atoms with Gasteiger partial charge in [0.05, 0.1) is 7.11 Å². The van der Waals surface area contributed by atoms with E-state index in [2.05, 4.69) is 25.1 Å². The van der Waals surface area contributed by atoms with Crippen LogP contribution in [0.4, 0.5) is 0 Å². The number of fused-ring (bicyclic) bond motifs is 1. The van der Waals surface area contributed by atoms with Gasteiger partial charge in [0.15, 0.2) is 0 Å². The molecule has 0 spiro atoms. The highest BCUT2D eigenvalue weighted by molar-refractivity contribution is 7.17. The molecule has 1 aromatic heterocycles. The number of hydrogen-bond acceptors (Lipinski definition) is 2. The van der Waals surface area contributed by atoms with E-state index in [4.69, 9.17) is 4.74 Å². The predicted molar refractivity (Wildman–Crippen MR) is 53.1 cm³/mol. The molecule has 0 amide bonds. The Kier molecular flexibility index (Phi) is 1.77. The van der Waals surface area contributed by atoms with E-state index < -0.39 is 0 Å². The Labute approximate surface area is 75.6 Å². The fourth-order valence-electron chi connectivity index (χ4n) is 1.28. The van der Waals surface area contributed by atoms with Crippen molar-refractivity contribution in [2.75, 3.05) is 7.11 Å². The maximum absolute atomic E-state index is 5.23. The van der Waals surface area contributed by atoms with E-state index in [1.54, 1.807) is 18.4 Å². The van der Waals surface area contributed by atoms with Gasteiger partial charge in [-0.25, -0.2) is 0 Å². The van der Waals surface area contributed by atoms with Crippen molar-refractivity contribution in [3.63, 3.8) is 0 Å². The third-order valence-corrected chi connectivity index (χ3v) is 2.86. The van der Waals surface area contributed by atoms with Crippen molar-refractivity contribution >= 4 is 21.4 Å². The third-order valence-electron chi connectivity index (χ3n) is 1.91. The summed E-state index contributed by atoms with van der Waals surface area (Å²) in [7, 11) is 1.71. The minimum absolute atomic E-state index is 0.985. The summed E-state index contributed by atoms with van der Waals surface area (Å²) in [4.78, 5) is 0. The standard InChI is InChI=1S/C10H10OS/c1-7-3-4-10-8(5-7)9(11-2)6-12-10/h3-6H,1-2H3. The number of hydrogen-bond donors (Lipinski definition) is 0. The average molecular weight is 178 g/mol. The van der Waals surface area contributed by atoms with Gasteiger partial charge in [-0.3, -0.25) is 0 Å². The van der Waals surface area contributed by atoms with Crippen LogP contribution >= 0.6 is 11.3 Å². The zero-order chi connectivity index (χ0) is 8.55. The van der Waals surface area contributed by atoms with Crippen LogP contribution in [-0.4, -0.2) is 7.11 Å². The van der Waals surface area contributed by atoms with Gasteiger partial charge < -0.3 is 4.74 Å². The van der Waals surface area contributed by atoms with E-state index in [1.165, 1.54) is 15.6 Å². The summed E-state index contributed by atoms with van der Waals surface area (Å²) < 4.78 is 6.52. The molecule has 1 aromatic carbocycles. The molecule has 0 unspecified atom stereocenters. The first-order chi connectivity index (χ1) is 5.81. The Morgan fingerprint density at radius 3 is 2.92 bits per heavy atom. The minimum atomic E-state index is 0.985. The summed E-state index contributed by atoms with van der Waals surface area (Å²) >= 11 is 1.72. The molecule has 2 rings (SSSR count). The highest BCUT2D eigenvalue weighted by Gasteiger charge is 2.02. The van der Waals surface area contributed by atoms with Gasteiger partial charge in [0.2, 0.25) is 0 Å². The molecule has 0 N–H and O–H groups in total. The quantitative estimate of drug-likeness (QED) is 0.651. The Morgan fingerprint density at radius 1 is 1.33 bits per heavy atom. The summed E-state index contributed by atoms with van der Waals surface area (Å²) in [6.07, 6.45) is 0. The summed E-state index contributed by atoms with van der Waals surface area (Å²) in [5.41, 5.74) is 1.28. The SMILES string of the molecule is COc1csc2ccc(C)cc12. The van der Waals surface area contributed by atoms with Gasteiger partial charge in [-0.2, -0.15) is 0 Å². The van der Waals surface area contributed by atoms with Crippen molar-refractivity contribution in [2.24, 2.45) is 0 Å². The second-order valence-corrected chi connectivity index (χ2v) is 3.71. The maximum Gasteiger partial charge on any atom is 0.137 e. The van der Waals surface area contributed by atoms with Gasteiger partial charge in [-0.05, 0) is 19.1 Å². The fraction of sp³-hybridized carbons (Fsp3) is 0.200. The predicted octanol–water partition coefficient (Wildman–Crippen LogP) is 3.22. The zero-order valence-corrected chi connectivity index (χ0v) is 7.94. The first-order valence-corrected chi connectivity index (χ1v) is 4.71. The van der Waals surface area contributed by atoms with Crippen molar-refractivity contribution in [1.82, 2.24) is 0 Å². The molecular weight excluding hydrogens is 168 g/mol. The van der Waals surface area contributed by atoms with E-state index in [1.807, 2.05) is 5.38 Å². The second-order valence-electron chi connectivity index (χ2n) is 2.80. The lowest BCUT2D eigenvalue weighted by molar-refractivity contribution is 0.421. The Hall–Kier alpha value is -1.02. The lowest BCUT2D eigenvalue weighted by Crippen LogP contribution is -1.79. The minimum Gasteiger partial charge on any atom is -0.495 e. The summed E-state index contributed by atoms with van der Waals surface area (Å²) in [5, 5.41) is 3.27. The number of aryl methyl sites for hydroxylation is 1. The van der Waals surface area contributed by atoms with Crippen LogP contribution in [0.5, 0.6) is 5.75 Å². The second kappa shape index (κ2) is 2.79. The van der Waals surface area contributed by atoms with Crippen molar-refractivity contribution in [2.45, 2.75) is 6.92 Å². The zero-order valence-electron chi connectivity index (χ0n) is 7.13. The van der Waals surface area contributed by atoms with Gasteiger partial charge in [0, 0.05) is 15.5 Å². The first kappa shape index (κ1) is 7.62. The molecule has 1 nitrogen and oxygen atoms in total. The molecule has 1 heterocycles. The molecular formula is C10H10OS. The smallest absolute Gasteiger partial charge is 0.137 e. The van der Waals surface area contributed by atoms with Crippen LogP contribution in [0.15, 0.2) is 23.6 Å². The van der Waals surface area contributed by atoms with Crippen molar-refractivity contribution in [1.29, 1.82) is 0 Å². The van der Waals surface area contributed by atoms with Crippen LogP contribution in [0, 0.1) is 6.92 Å². The Bertz CT molecular complexity index is 403. The van der Waals surface area contributed by atoms with Crippen LogP contribution in [0.1, 0.15) is 5.56 Å². The van der Waals surface area contributed by atoms with E-state index >= 15 is 0 Å².